The average molecular weight is 535 g/mol. The highest BCUT2D eigenvalue weighted by molar-refractivity contribution is 6.23. The van der Waals surface area contributed by atoms with E-state index >= 15 is 0 Å². The molecule has 0 bridgehead atoms. The van der Waals surface area contributed by atoms with Gasteiger partial charge in [0.1, 0.15) is 0 Å². The Balaban J connectivity index is 1.71. The van der Waals surface area contributed by atoms with Crippen LogP contribution in [-0.2, 0) is 14.4 Å². The van der Waals surface area contributed by atoms with E-state index in [1.54, 1.807) is 49.9 Å². The Morgan fingerprint density at radius 1 is 0.923 bits per heavy atom. The molecule has 4 rings (SSSR count). The third-order valence-corrected chi connectivity index (χ3v) is 7.15. The van der Waals surface area contributed by atoms with Crippen molar-refractivity contribution in [2.24, 2.45) is 5.41 Å². The van der Waals surface area contributed by atoms with Gasteiger partial charge in [-0.3, -0.25) is 14.4 Å². The maximum Gasteiger partial charge on any atom is 0.335 e. The van der Waals surface area contributed by atoms with Crippen LogP contribution in [0.3, 0.4) is 0 Å². The van der Waals surface area contributed by atoms with Crippen molar-refractivity contribution in [3.05, 3.63) is 54.1 Å². The predicted octanol–water partition coefficient (Wildman–Crippen LogP) is 4.20. The predicted molar refractivity (Wildman–Crippen MR) is 147 cm³/mol. The summed E-state index contributed by atoms with van der Waals surface area (Å²) < 4.78 is 0. The number of nitrogens with one attached hydrogen (secondary N) is 2. The first-order valence-corrected chi connectivity index (χ1v) is 13.1. The molecule has 1 aliphatic carbocycles. The number of carboxylic acids is 1. The van der Waals surface area contributed by atoms with Crippen LogP contribution in [0.5, 0.6) is 0 Å². The van der Waals surface area contributed by atoms with Gasteiger partial charge >= 0.3 is 12.0 Å². The topological polar surface area (TPSA) is 136 Å². The molecular weight excluding hydrogens is 500 g/mol. The number of Topliss-reactive ketones (excluding diaryl/α,β-unsaturated/α-hetero) is 1. The summed E-state index contributed by atoms with van der Waals surface area (Å²) >= 11 is 0. The second-order valence-corrected chi connectivity index (χ2v) is 11.0. The number of carboxylic acid groups (broad SMARTS) is 1. The smallest absolute Gasteiger partial charge is 0.335 e. The van der Waals surface area contributed by atoms with Gasteiger partial charge in [0.2, 0.25) is 0 Å². The fourth-order valence-electron chi connectivity index (χ4n) is 4.95. The van der Waals surface area contributed by atoms with Crippen molar-refractivity contribution in [2.45, 2.75) is 65.0 Å². The number of nitrogens with zero attached hydrogens (tertiary/aromatic N) is 2. The van der Waals surface area contributed by atoms with Gasteiger partial charge in [0.05, 0.1) is 23.5 Å². The number of rotatable bonds is 6. The molecular formula is C29H34N4O6. The Labute approximate surface area is 227 Å². The first-order valence-electron chi connectivity index (χ1n) is 13.1. The van der Waals surface area contributed by atoms with E-state index in [1.165, 1.54) is 29.2 Å². The molecule has 1 saturated carbocycles. The van der Waals surface area contributed by atoms with Crippen molar-refractivity contribution >= 4 is 46.7 Å². The summed E-state index contributed by atoms with van der Waals surface area (Å²) in [4.78, 5) is 68.3. The van der Waals surface area contributed by atoms with Crippen LogP contribution >= 0.6 is 0 Å². The van der Waals surface area contributed by atoms with Crippen molar-refractivity contribution in [3.63, 3.8) is 0 Å². The number of para-hydroxylation sites is 2. The van der Waals surface area contributed by atoms with E-state index in [9.17, 15) is 29.1 Å². The molecule has 1 aliphatic heterocycles. The maximum absolute atomic E-state index is 14.1. The van der Waals surface area contributed by atoms with Crippen LogP contribution in [0, 0.1) is 5.41 Å². The van der Waals surface area contributed by atoms with E-state index in [0.29, 0.717) is 11.4 Å². The van der Waals surface area contributed by atoms with E-state index in [0.717, 1.165) is 32.1 Å². The summed E-state index contributed by atoms with van der Waals surface area (Å²) in [6, 6.07) is 10.1. The van der Waals surface area contributed by atoms with E-state index < -0.39 is 35.3 Å². The molecule has 10 nitrogen and oxygen atoms in total. The van der Waals surface area contributed by atoms with E-state index in [1.807, 2.05) is 0 Å². The summed E-state index contributed by atoms with van der Waals surface area (Å²) in [5.41, 5.74) is 0.402. The molecule has 1 atom stereocenters. The van der Waals surface area contributed by atoms with Crippen LogP contribution in [-0.4, -0.2) is 53.3 Å². The second kappa shape index (κ2) is 11.3. The lowest BCUT2D eigenvalue weighted by Crippen LogP contribution is -2.58. The van der Waals surface area contributed by atoms with Crippen molar-refractivity contribution in [1.29, 1.82) is 0 Å². The Morgan fingerprint density at radius 2 is 1.59 bits per heavy atom. The van der Waals surface area contributed by atoms with Gasteiger partial charge in [0.15, 0.2) is 11.8 Å². The highest BCUT2D eigenvalue weighted by Crippen LogP contribution is 2.38. The molecule has 1 heterocycles. The molecule has 1 fully saturated rings. The number of ketones is 1. The first-order chi connectivity index (χ1) is 18.5. The van der Waals surface area contributed by atoms with E-state index in [4.69, 9.17) is 0 Å². The summed E-state index contributed by atoms with van der Waals surface area (Å²) in [6.07, 6.45) is 4.46. The van der Waals surface area contributed by atoms with Crippen molar-refractivity contribution in [1.82, 2.24) is 5.32 Å². The number of urea groups is 1. The van der Waals surface area contributed by atoms with Crippen LogP contribution in [0.1, 0.15) is 63.2 Å². The quantitative estimate of drug-likeness (QED) is 0.475. The minimum Gasteiger partial charge on any atom is -0.478 e. The zero-order valence-corrected chi connectivity index (χ0v) is 22.4. The summed E-state index contributed by atoms with van der Waals surface area (Å²) in [6.45, 7) is 5.03. The van der Waals surface area contributed by atoms with Crippen LogP contribution in [0.4, 0.5) is 21.9 Å². The Morgan fingerprint density at radius 3 is 2.23 bits per heavy atom. The number of benzene rings is 2. The summed E-state index contributed by atoms with van der Waals surface area (Å²) in [7, 11) is 0. The van der Waals surface area contributed by atoms with Gasteiger partial charge in [-0.05, 0) is 43.2 Å². The molecule has 2 aromatic rings. The SMILES string of the molecule is CC(C)(C)C(=O)CN1C(=O)[C@H](NC(=O)Nc2cccc(C(=O)O)c2)C(=O)N(C2CCCCC2)c2ccccc21. The molecule has 0 spiro atoms. The fraction of sp³-hybridized carbons (Fsp3) is 0.414. The van der Waals surface area contributed by atoms with Gasteiger partial charge in [0.25, 0.3) is 11.8 Å². The monoisotopic (exact) mass is 534 g/mol. The van der Waals surface area contributed by atoms with Crippen LogP contribution in [0.2, 0.25) is 0 Å². The summed E-state index contributed by atoms with van der Waals surface area (Å²) in [5.74, 6) is -2.64. The number of anilines is 3. The van der Waals surface area contributed by atoms with E-state index in [-0.39, 0.29) is 29.6 Å². The maximum atomic E-state index is 14.1. The first kappa shape index (κ1) is 27.8. The molecule has 0 radical (unpaired) electrons. The number of hydrogen-bond donors (Lipinski definition) is 3. The van der Waals surface area contributed by atoms with Gasteiger partial charge in [-0.2, -0.15) is 0 Å². The largest absolute Gasteiger partial charge is 0.478 e. The van der Waals surface area contributed by atoms with Crippen LogP contribution < -0.4 is 20.4 Å². The third kappa shape index (κ3) is 6.10. The van der Waals surface area contributed by atoms with Gasteiger partial charge in [-0.25, -0.2) is 9.59 Å². The molecule has 2 aromatic carbocycles. The number of amides is 4. The lowest BCUT2D eigenvalue weighted by molar-refractivity contribution is -0.131. The standard InChI is InChI=1S/C29H34N4O6/c1-29(2,3)23(34)17-32-21-14-7-8-15-22(21)33(20-12-5-4-6-13-20)26(36)24(25(32)35)31-28(39)30-19-11-9-10-18(16-19)27(37)38/h7-11,14-16,20,24H,4-6,12-13,17H2,1-3H3,(H,37,38)(H2,30,31,39)/t24-/m0/s1. The molecule has 2 aliphatic rings. The zero-order valence-electron chi connectivity index (χ0n) is 22.4. The van der Waals surface area contributed by atoms with Crippen LogP contribution in [0.15, 0.2) is 48.5 Å². The van der Waals surface area contributed by atoms with Gasteiger partial charge < -0.3 is 25.5 Å². The lowest BCUT2D eigenvalue weighted by atomic mass is 9.90. The Hall–Kier alpha value is -4.21. The zero-order chi connectivity index (χ0) is 28.3. The molecule has 0 aromatic heterocycles. The summed E-state index contributed by atoms with van der Waals surface area (Å²) in [5, 5.41) is 14.3. The van der Waals surface area contributed by atoms with Crippen LogP contribution in [0.25, 0.3) is 0 Å². The van der Waals surface area contributed by atoms with Gasteiger partial charge in [-0.15, -0.1) is 0 Å². The number of carbonyl (C=O) groups is 5. The number of carbonyl (C=O) groups excluding carboxylic acids is 4. The van der Waals surface area contributed by atoms with E-state index in [2.05, 4.69) is 10.6 Å². The molecule has 0 unspecified atom stereocenters. The molecule has 4 amide bonds. The number of aromatic carboxylic acids is 1. The molecule has 39 heavy (non-hydrogen) atoms. The fourth-order valence-corrected chi connectivity index (χ4v) is 4.95. The second-order valence-electron chi connectivity index (χ2n) is 11.0. The molecule has 10 heteroatoms. The average Bonchev–Trinajstić information content (AvgIpc) is 2.98. The third-order valence-electron chi connectivity index (χ3n) is 7.15. The Bertz CT molecular complexity index is 1290. The molecule has 206 valence electrons. The normalized spacial score (nSPS) is 18.3. The highest BCUT2D eigenvalue weighted by atomic mass is 16.4. The highest BCUT2D eigenvalue weighted by Gasteiger charge is 2.44. The molecule has 3 N–H and O–H groups in total. The van der Waals surface area contributed by atoms with Gasteiger partial charge in [-0.1, -0.05) is 58.2 Å². The minimum absolute atomic E-state index is 0.0276. The van der Waals surface area contributed by atoms with Crippen molar-refractivity contribution in [2.75, 3.05) is 21.7 Å². The van der Waals surface area contributed by atoms with Crippen molar-refractivity contribution < 1.29 is 29.1 Å². The number of hydrogen-bond acceptors (Lipinski definition) is 5. The Kier molecular flexibility index (Phi) is 8.03. The lowest BCUT2D eigenvalue weighted by Gasteiger charge is -2.35. The molecule has 0 saturated heterocycles. The van der Waals surface area contributed by atoms with Gasteiger partial charge in [0, 0.05) is 17.1 Å². The number of fused-ring (bicyclic) bond motifs is 1. The minimum atomic E-state index is -1.59. The van der Waals surface area contributed by atoms with Crippen molar-refractivity contribution in [3.8, 4) is 0 Å².